The van der Waals surface area contributed by atoms with Crippen molar-refractivity contribution >= 4 is 29.2 Å². The molecule has 5 rings (SSSR count). The van der Waals surface area contributed by atoms with Crippen molar-refractivity contribution in [3.05, 3.63) is 53.4 Å². The average molecular weight is 486 g/mol. The van der Waals surface area contributed by atoms with E-state index in [2.05, 4.69) is 38.5 Å². The average Bonchev–Trinajstić information content (AvgIpc) is 3.26. The van der Waals surface area contributed by atoms with Gasteiger partial charge in [0.2, 0.25) is 5.95 Å². The molecule has 2 fully saturated rings. The molecule has 0 N–H and O–H groups in total. The normalized spacial score (nSPS) is 20.8. The van der Waals surface area contributed by atoms with Gasteiger partial charge >= 0.3 is 0 Å². The minimum absolute atomic E-state index is 0.100. The first-order valence-electron chi connectivity index (χ1n) is 11.5. The summed E-state index contributed by atoms with van der Waals surface area (Å²) in [4.78, 5) is 24.7. The van der Waals surface area contributed by atoms with Crippen molar-refractivity contribution in [2.75, 3.05) is 40.9 Å². The Hall–Kier alpha value is -3.07. The van der Waals surface area contributed by atoms with Gasteiger partial charge in [-0.05, 0) is 44.9 Å². The Morgan fingerprint density at radius 2 is 1.74 bits per heavy atom. The van der Waals surface area contributed by atoms with Crippen LogP contribution in [0.2, 0.25) is 5.15 Å². The number of aromatic nitrogens is 4. The van der Waals surface area contributed by atoms with Crippen molar-refractivity contribution in [2.24, 2.45) is 0 Å². The van der Waals surface area contributed by atoms with Crippen LogP contribution in [-0.2, 0) is 0 Å². The van der Waals surface area contributed by atoms with Crippen LogP contribution < -0.4 is 14.7 Å². The molecule has 10 heteroatoms. The van der Waals surface area contributed by atoms with Crippen LogP contribution in [0.15, 0.2) is 36.7 Å². The Balaban J connectivity index is 1.49. The molecule has 4 heterocycles. The fourth-order valence-electron chi connectivity index (χ4n) is 4.75. The molecule has 2 aliphatic rings. The van der Waals surface area contributed by atoms with Gasteiger partial charge in [-0.3, -0.25) is 0 Å². The third kappa shape index (κ3) is 4.36. The summed E-state index contributed by atoms with van der Waals surface area (Å²) in [5, 5.41) is 0.385. The van der Waals surface area contributed by atoms with E-state index in [0.29, 0.717) is 53.9 Å². The second kappa shape index (κ2) is 9.29. The lowest BCUT2D eigenvalue weighted by molar-refractivity contribution is 0.509. The Morgan fingerprint density at radius 1 is 0.912 bits per heavy atom. The zero-order valence-corrected chi connectivity index (χ0v) is 19.9. The van der Waals surface area contributed by atoms with Gasteiger partial charge in [0, 0.05) is 62.3 Å². The quantitative estimate of drug-likeness (QED) is 0.536. The van der Waals surface area contributed by atoms with Crippen LogP contribution in [0.1, 0.15) is 26.7 Å². The van der Waals surface area contributed by atoms with E-state index >= 15 is 0 Å². The highest BCUT2D eigenvalue weighted by Crippen LogP contribution is 2.31. The third-order valence-electron chi connectivity index (χ3n) is 6.58. The zero-order chi connectivity index (χ0) is 23.8. The standard InChI is InChI=1S/C24H26ClF2N7/c1-15-4-3-9-34(15)24-30-20(17-5-6-18(26)19(27)12-17)13-21(31-24)33-11-10-32(14-16(33)2)23-22(25)28-7-8-29-23/h5-8,12-13,15-16H,3-4,9-11,14H2,1-2H3/t15-,16+/m1/s1. The SMILES string of the molecule is C[C@@H]1CCCN1c1nc(-c2ccc(F)c(F)c2)cc(N2CCN(c3nccnc3Cl)C[C@@H]2C)n1. The van der Waals surface area contributed by atoms with Crippen LogP contribution in [0, 0.1) is 11.6 Å². The molecule has 178 valence electrons. The maximum atomic E-state index is 14.0. The van der Waals surface area contributed by atoms with E-state index in [4.69, 9.17) is 21.6 Å². The van der Waals surface area contributed by atoms with Crippen LogP contribution in [0.25, 0.3) is 11.3 Å². The zero-order valence-electron chi connectivity index (χ0n) is 19.1. The molecule has 7 nitrogen and oxygen atoms in total. The summed E-state index contributed by atoms with van der Waals surface area (Å²) >= 11 is 6.27. The summed E-state index contributed by atoms with van der Waals surface area (Å²) in [5.41, 5.74) is 1.10. The second-order valence-corrected chi connectivity index (χ2v) is 9.24. The summed E-state index contributed by atoms with van der Waals surface area (Å²) in [6.45, 7) is 7.23. The summed E-state index contributed by atoms with van der Waals surface area (Å²) in [5.74, 6) is 0.290. The van der Waals surface area contributed by atoms with E-state index in [1.807, 2.05) is 6.07 Å². The molecule has 3 aromatic rings. The number of benzene rings is 1. The van der Waals surface area contributed by atoms with Crippen molar-refractivity contribution in [2.45, 2.75) is 38.8 Å². The summed E-state index contributed by atoms with van der Waals surface area (Å²) in [6, 6.07) is 6.16. The van der Waals surface area contributed by atoms with Crippen LogP contribution in [0.5, 0.6) is 0 Å². The van der Waals surface area contributed by atoms with Gasteiger partial charge in [0.25, 0.3) is 0 Å². The van der Waals surface area contributed by atoms with Gasteiger partial charge in [0.1, 0.15) is 5.82 Å². The Labute approximate surface area is 202 Å². The molecule has 2 aliphatic heterocycles. The van der Waals surface area contributed by atoms with Gasteiger partial charge < -0.3 is 14.7 Å². The smallest absolute Gasteiger partial charge is 0.228 e. The largest absolute Gasteiger partial charge is 0.350 e. The highest BCUT2D eigenvalue weighted by atomic mass is 35.5. The number of piperazine rings is 1. The van der Waals surface area contributed by atoms with Crippen LogP contribution in [0.4, 0.5) is 26.4 Å². The third-order valence-corrected chi connectivity index (χ3v) is 6.85. The Bertz CT molecular complexity index is 1190. The Morgan fingerprint density at radius 3 is 2.44 bits per heavy atom. The summed E-state index contributed by atoms with van der Waals surface area (Å²) in [7, 11) is 0. The van der Waals surface area contributed by atoms with Crippen molar-refractivity contribution in [1.29, 1.82) is 0 Å². The van der Waals surface area contributed by atoms with Gasteiger partial charge in [-0.15, -0.1) is 0 Å². The van der Waals surface area contributed by atoms with Crippen molar-refractivity contribution < 1.29 is 8.78 Å². The number of halogens is 3. The van der Waals surface area contributed by atoms with Gasteiger partial charge in [0.05, 0.1) is 5.69 Å². The first-order valence-corrected chi connectivity index (χ1v) is 11.9. The van der Waals surface area contributed by atoms with Crippen LogP contribution in [0.3, 0.4) is 0 Å². The molecule has 0 unspecified atom stereocenters. The topological polar surface area (TPSA) is 61.3 Å². The molecule has 0 radical (unpaired) electrons. The molecular weight excluding hydrogens is 460 g/mol. The van der Waals surface area contributed by atoms with Gasteiger partial charge in [0.15, 0.2) is 22.6 Å². The lowest BCUT2D eigenvalue weighted by Crippen LogP contribution is -2.53. The number of hydrogen-bond donors (Lipinski definition) is 0. The van der Waals surface area contributed by atoms with E-state index in [1.165, 1.54) is 6.07 Å². The number of anilines is 3. The molecule has 0 amide bonds. The van der Waals surface area contributed by atoms with E-state index < -0.39 is 11.6 Å². The van der Waals surface area contributed by atoms with E-state index in [-0.39, 0.29) is 6.04 Å². The molecule has 2 atom stereocenters. The molecular formula is C24H26ClF2N7. The van der Waals surface area contributed by atoms with Crippen molar-refractivity contribution in [3.8, 4) is 11.3 Å². The van der Waals surface area contributed by atoms with Crippen molar-refractivity contribution in [1.82, 2.24) is 19.9 Å². The summed E-state index contributed by atoms with van der Waals surface area (Å²) in [6.07, 6.45) is 5.36. The maximum absolute atomic E-state index is 14.0. The number of hydrogen-bond acceptors (Lipinski definition) is 7. The predicted molar refractivity (Wildman–Crippen MR) is 129 cm³/mol. The van der Waals surface area contributed by atoms with Gasteiger partial charge in [-0.2, -0.15) is 4.98 Å². The minimum atomic E-state index is -0.892. The van der Waals surface area contributed by atoms with Gasteiger partial charge in [-0.1, -0.05) is 11.6 Å². The highest BCUT2D eigenvalue weighted by molar-refractivity contribution is 6.31. The first kappa shape index (κ1) is 22.7. The maximum Gasteiger partial charge on any atom is 0.228 e. The predicted octanol–water partition coefficient (Wildman–Crippen LogP) is 4.57. The van der Waals surface area contributed by atoms with E-state index in [9.17, 15) is 8.78 Å². The monoisotopic (exact) mass is 485 g/mol. The lowest BCUT2D eigenvalue weighted by Gasteiger charge is -2.41. The van der Waals surface area contributed by atoms with E-state index in [0.717, 1.165) is 31.3 Å². The molecule has 0 aliphatic carbocycles. The lowest BCUT2D eigenvalue weighted by atomic mass is 10.1. The van der Waals surface area contributed by atoms with Crippen LogP contribution >= 0.6 is 11.6 Å². The molecule has 0 saturated carbocycles. The first-order chi connectivity index (χ1) is 16.4. The Kier molecular flexibility index (Phi) is 6.20. The minimum Gasteiger partial charge on any atom is -0.350 e. The van der Waals surface area contributed by atoms with E-state index in [1.54, 1.807) is 18.5 Å². The van der Waals surface area contributed by atoms with Gasteiger partial charge in [-0.25, -0.2) is 23.7 Å². The molecule has 0 spiro atoms. The van der Waals surface area contributed by atoms with Crippen molar-refractivity contribution in [3.63, 3.8) is 0 Å². The molecule has 34 heavy (non-hydrogen) atoms. The van der Waals surface area contributed by atoms with Crippen LogP contribution in [-0.4, -0.2) is 58.2 Å². The number of rotatable bonds is 4. The molecule has 0 bridgehead atoms. The molecule has 2 aromatic heterocycles. The fourth-order valence-corrected chi connectivity index (χ4v) is 4.97. The second-order valence-electron chi connectivity index (χ2n) is 8.88. The summed E-state index contributed by atoms with van der Waals surface area (Å²) < 4.78 is 27.6. The fraction of sp³-hybridized carbons (Fsp3) is 0.417. The highest BCUT2D eigenvalue weighted by Gasteiger charge is 2.29. The number of nitrogens with zero attached hydrogens (tertiary/aromatic N) is 7. The molecule has 2 saturated heterocycles. The molecule has 1 aromatic carbocycles.